The average molecular weight is 772 g/mol. The van der Waals surface area contributed by atoms with Crippen LogP contribution in [0.1, 0.15) is 87.8 Å². The number of alkyl carbamates (subject to hydrolysis) is 1. The summed E-state index contributed by atoms with van der Waals surface area (Å²) in [5.41, 5.74) is 6.26. The zero-order valence-corrected chi connectivity index (χ0v) is 34.6. The minimum atomic E-state index is -2.46. The Balaban J connectivity index is 1.11. The molecule has 1 fully saturated rings. The number of nitrogens with zero attached hydrogens (tertiary/aromatic N) is 1. The van der Waals surface area contributed by atoms with Crippen LogP contribution >= 0.6 is 0 Å². The largest absolute Gasteiger partial charge is 0.449 e. The van der Waals surface area contributed by atoms with E-state index in [1.807, 2.05) is 66.7 Å². The zero-order chi connectivity index (χ0) is 39.3. The lowest BCUT2D eigenvalue weighted by atomic mass is 9.79. The number of amides is 2. The van der Waals surface area contributed by atoms with Gasteiger partial charge in [0.2, 0.25) is 11.8 Å². The van der Waals surface area contributed by atoms with Gasteiger partial charge in [0.05, 0.1) is 12.5 Å². The maximum Gasteiger partial charge on any atom is 0.407 e. The number of oxazole rings is 1. The second-order valence-corrected chi connectivity index (χ2v) is 22.0. The standard InChI is InChI=1S/C47H57N3O5Si/c1-46(2,3)56(4,5)55-47(29-28-33-18-8-6-9-19-33,44-50-41-26-16-17-27-42(41)54-44)32-49-43(51)39(34-20-10-7-11-21-34)30-48-45(52)53-31-40-37-24-14-12-22-35(37)36-23-13-15-25-38(36)40/h6,8-9,12-19,22-27,34,39-40H,7,10-11,20-21,28-32H2,1-5H3,(H,48,52)(H,49,51). The molecule has 9 heteroatoms. The smallest absolute Gasteiger partial charge is 0.407 e. The SMILES string of the molecule is CC(C)(C)[Si](C)(C)OC(CCc1ccccc1)(CNC(=O)C(CNC(=O)OCC1c2ccccc2-c2ccccc21)C1CCCCC1)c1nc2ccccc2o1. The number of aromatic nitrogens is 1. The third-order valence-corrected chi connectivity index (χ3v) is 17.0. The van der Waals surface area contributed by atoms with Gasteiger partial charge >= 0.3 is 6.09 Å². The number of fused-ring (bicyclic) bond motifs is 4. The molecular weight excluding hydrogens is 715 g/mol. The van der Waals surface area contributed by atoms with E-state index in [1.165, 1.54) is 16.7 Å². The third-order valence-electron chi connectivity index (χ3n) is 12.5. The normalized spacial score (nSPS) is 16.4. The Kier molecular flexibility index (Phi) is 11.8. The number of carbonyl (C=O) groups excluding carboxylic acids is 2. The lowest BCUT2D eigenvalue weighted by Gasteiger charge is -2.44. The summed E-state index contributed by atoms with van der Waals surface area (Å²) in [5.74, 6) is 0.0454. The first-order chi connectivity index (χ1) is 26.9. The Morgan fingerprint density at radius 3 is 2.11 bits per heavy atom. The van der Waals surface area contributed by atoms with Crippen LogP contribution in [-0.2, 0) is 26.0 Å². The maximum absolute atomic E-state index is 14.6. The summed E-state index contributed by atoms with van der Waals surface area (Å²) in [5, 5.41) is 6.26. The van der Waals surface area contributed by atoms with E-state index in [9.17, 15) is 9.59 Å². The van der Waals surface area contributed by atoms with Crippen molar-refractivity contribution in [1.82, 2.24) is 15.6 Å². The molecule has 1 heterocycles. The van der Waals surface area contributed by atoms with Gasteiger partial charge in [-0.25, -0.2) is 9.78 Å². The predicted octanol–water partition coefficient (Wildman–Crippen LogP) is 10.5. The number of benzene rings is 4. The molecule has 0 saturated heterocycles. The Bertz CT molecular complexity index is 2040. The van der Waals surface area contributed by atoms with Crippen molar-refractivity contribution in [2.24, 2.45) is 11.8 Å². The van der Waals surface area contributed by atoms with Gasteiger partial charge in [-0.05, 0) is 89.7 Å². The van der Waals surface area contributed by atoms with Gasteiger partial charge in [0.1, 0.15) is 12.1 Å². The van der Waals surface area contributed by atoms with Gasteiger partial charge in [0.25, 0.3) is 0 Å². The van der Waals surface area contributed by atoms with Crippen LogP contribution in [-0.4, -0.2) is 45.0 Å². The van der Waals surface area contributed by atoms with Crippen LogP contribution in [0.25, 0.3) is 22.2 Å². The molecule has 2 aliphatic rings. The molecule has 294 valence electrons. The predicted molar refractivity (Wildman–Crippen MR) is 225 cm³/mol. The third kappa shape index (κ3) is 8.64. The quantitative estimate of drug-likeness (QED) is 0.109. The van der Waals surface area contributed by atoms with Crippen LogP contribution in [0.2, 0.25) is 18.1 Å². The fourth-order valence-corrected chi connectivity index (χ4v) is 9.86. The van der Waals surface area contributed by atoms with Gasteiger partial charge in [-0.2, -0.15) is 0 Å². The van der Waals surface area contributed by atoms with Crippen LogP contribution in [0, 0.1) is 11.8 Å². The van der Waals surface area contributed by atoms with Crippen molar-refractivity contribution in [2.45, 2.75) is 95.4 Å². The number of rotatable bonds is 14. The van der Waals surface area contributed by atoms with E-state index >= 15 is 0 Å². The second kappa shape index (κ2) is 16.8. The summed E-state index contributed by atoms with van der Waals surface area (Å²) in [4.78, 5) is 33.0. The van der Waals surface area contributed by atoms with E-state index in [2.05, 4.69) is 80.9 Å². The van der Waals surface area contributed by atoms with E-state index < -0.39 is 25.9 Å². The summed E-state index contributed by atoms with van der Waals surface area (Å²) in [6.07, 6.45) is 5.93. The number of hydrogen-bond acceptors (Lipinski definition) is 6. The van der Waals surface area contributed by atoms with Crippen molar-refractivity contribution in [3.8, 4) is 11.1 Å². The van der Waals surface area contributed by atoms with Gasteiger partial charge in [0.15, 0.2) is 19.5 Å². The molecule has 0 radical (unpaired) electrons. The van der Waals surface area contributed by atoms with Crippen LogP contribution in [0.3, 0.4) is 0 Å². The highest BCUT2D eigenvalue weighted by Gasteiger charge is 2.49. The van der Waals surface area contributed by atoms with Crippen molar-refractivity contribution in [3.05, 3.63) is 126 Å². The highest BCUT2D eigenvalue weighted by atomic mass is 28.4. The van der Waals surface area contributed by atoms with Crippen LogP contribution < -0.4 is 10.6 Å². The van der Waals surface area contributed by atoms with E-state index in [0.717, 1.165) is 48.7 Å². The summed E-state index contributed by atoms with van der Waals surface area (Å²) in [7, 11) is -2.46. The Morgan fingerprint density at radius 2 is 1.45 bits per heavy atom. The molecule has 1 aromatic heterocycles. The minimum absolute atomic E-state index is 0.0395. The topological polar surface area (TPSA) is 103 Å². The molecule has 0 aliphatic heterocycles. The average Bonchev–Trinajstić information content (AvgIpc) is 3.78. The lowest BCUT2D eigenvalue weighted by Crippen LogP contribution is -2.54. The molecule has 1 saturated carbocycles. The molecule has 2 unspecified atom stereocenters. The van der Waals surface area contributed by atoms with Crippen molar-refractivity contribution in [2.75, 3.05) is 19.7 Å². The number of ether oxygens (including phenoxy) is 1. The number of aryl methyl sites for hydroxylation is 1. The summed E-state index contributed by atoms with van der Waals surface area (Å²) >= 11 is 0. The van der Waals surface area contributed by atoms with Gasteiger partial charge < -0.3 is 24.2 Å². The maximum atomic E-state index is 14.6. The van der Waals surface area contributed by atoms with Crippen LogP contribution in [0.15, 0.2) is 108 Å². The van der Waals surface area contributed by atoms with Crippen LogP contribution in [0.5, 0.6) is 0 Å². The molecule has 2 amide bonds. The minimum Gasteiger partial charge on any atom is -0.449 e. The van der Waals surface area contributed by atoms with Crippen molar-refractivity contribution in [3.63, 3.8) is 0 Å². The molecule has 0 bridgehead atoms. The summed E-state index contributed by atoms with van der Waals surface area (Å²) in [6.45, 7) is 11.7. The fraction of sp³-hybridized carbons (Fsp3) is 0.426. The first-order valence-electron chi connectivity index (χ1n) is 20.4. The molecule has 4 aromatic carbocycles. The van der Waals surface area contributed by atoms with E-state index in [4.69, 9.17) is 18.6 Å². The Labute approximate surface area is 332 Å². The van der Waals surface area contributed by atoms with Crippen LogP contribution in [0.4, 0.5) is 4.79 Å². The van der Waals surface area contributed by atoms with E-state index in [0.29, 0.717) is 24.3 Å². The Morgan fingerprint density at radius 1 is 0.821 bits per heavy atom. The zero-order valence-electron chi connectivity index (χ0n) is 33.6. The van der Waals surface area contributed by atoms with Crippen molar-refractivity contribution < 1.29 is 23.2 Å². The number of hydrogen-bond donors (Lipinski definition) is 2. The van der Waals surface area contributed by atoms with Crippen molar-refractivity contribution >= 4 is 31.4 Å². The van der Waals surface area contributed by atoms with E-state index in [1.54, 1.807) is 0 Å². The summed E-state index contributed by atoms with van der Waals surface area (Å²) < 4.78 is 19.9. The first kappa shape index (κ1) is 39.5. The van der Waals surface area contributed by atoms with Gasteiger partial charge in [0, 0.05) is 12.5 Å². The first-order valence-corrected chi connectivity index (χ1v) is 23.3. The molecule has 8 nitrogen and oxygen atoms in total. The molecule has 2 N–H and O–H groups in total. The highest BCUT2D eigenvalue weighted by Crippen LogP contribution is 2.46. The number of para-hydroxylation sites is 2. The molecule has 2 atom stereocenters. The second-order valence-electron chi connectivity index (χ2n) is 17.3. The van der Waals surface area contributed by atoms with Gasteiger partial charge in [-0.15, -0.1) is 0 Å². The monoisotopic (exact) mass is 771 g/mol. The molecule has 56 heavy (non-hydrogen) atoms. The molecule has 0 spiro atoms. The number of nitrogens with one attached hydrogen (secondary N) is 2. The van der Waals surface area contributed by atoms with E-state index in [-0.39, 0.29) is 42.5 Å². The molecule has 7 rings (SSSR count). The summed E-state index contributed by atoms with van der Waals surface area (Å²) in [6, 6.07) is 34.7. The molecular formula is C47H57N3O5Si. The number of carbonyl (C=O) groups is 2. The van der Waals surface area contributed by atoms with Crippen molar-refractivity contribution in [1.29, 1.82) is 0 Å². The highest BCUT2D eigenvalue weighted by molar-refractivity contribution is 6.74. The van der Waals surface area contributed by atoms with Gasteiger partial charge in [-0.3, -0.25) is 4.79 Å². The lowest BCUT2D eigenvalue weighted by molar-refractivity contribution is -0.128. The molecule has 2 aliphatic carbocycles. The molecule has 5 aromatic rings. The van der Waals surface area contributed by atoms with Gasteiger partial charge in [-0.1, -0.05) is 131 Å². The fourth-order valence-electron chi connectivity index (χ4n) is 8.31. The Hall–Kier alpha value is -4.73.